The number of ether oxygens (including phenoxy) is 1. The van der Waals surface area contributed by atoms with Crippen molar-refractivity contribution in [2.24, 2.45) is 0 Å². The molecule has 0 bridgehead atoms. The Morgan fingerprint density at radius 2 is 1.37 bits per heavy atom. The molecule has 174 valence electrons. The van der Waals surface area contributed by atoms with Gasteiger partial charge < -0.3 is 10.1 Å². The van der Waals surface area contributed by atoms with Crippen LogP contribution in [-0.4, -0.2) is 24.3 Å². The zero-order valence-corrected chi connectivity index (χ0v) is 19.9. The van der Waals surface area contributed by atoms with Crippen molar-refractivity contribution in [3.63, 3.8) is 0 Å². The molecular formula is C29H23NO4S. The van der Waals surface area contributed by atoms with Crippen LogP contribution in [0.1, 0.15) is 31.8 Å². The summed E-state index contributed by atoms with van der Waals surface area (Å²) in [5, 5.41) is 2.80. The summed E-state index contributed by atoms with van der Waals surface area (Å²) in [5.74, 6) is -1.49. The van der Waals surface area contributed by atoms with Crippen LogP contribution in [0.5, 0.6) is 0 Å². The number of ketones is 1. The summed E-state index contributed by atoms with van der Waals surface area (Å²) >= 11 is 1.52. The molecule has 1 N–H and O–H groups in total. The van der Waals surface area contributed by atoms with Crippen molar-refractivity contribution < 1.29 is 19.1 Å². The molecule has 4 rings (SSSR count). The van der Waals surface area contributed by atoms with Gasteiger partial charge in [0, 0.05) is 20.9 Å². The minimum absolute atomic E-state index is 0.117. The van der Waals surface area contributed by atoms with Gasteiger partial charge in [0.25, 0.3) is 5.91 Å². The van der Waals surface area contributed by atoms with Crippen molar-refractivity contribution in [1.82, 2.24) is 0 Å². The lowest BCUT2D eigenvalue weighted by atomic mass is 9.98. The number of aryl methyl sites for hydroxylation is 1. The minimum Gasteiger partial charge on any atom is -0.452 e. The maximum Gasteiger partial charge on any atom is 0.339 e. The number of amides is 1. The van der Waals surface area contributed by atoms with E-state index >= 15 is 0 Å². The molecule has 0 heterocycles. The average Bonchev–Trinajstić information content (AvgIpc) is 2.89. The van der Waals surface area contributed by atoms with Gasteiger partial charge in [0.2, 0.25) is 0 Å². The predicted molar refractivity (Wildman–Crippen MR) is 137 cm³/mol. The van der Waals surface area contributed by atoms with E-state index in [1.165, 1.54) is 17.8 Å². The lowest BCUT2D eigenvalue weighted by Gasteiger charge is -2.12. The highest BCUT2D eigenvalue weighted by atomic mass is 32.2. The van der Waals surface area contributed by atoms with E-state index in [9.17, 15) is 14.4 Å². The number of para-hydroxylation sites is 1. The van der Waals surface area contributed by atoms with E-state index in [1.54, 1.807) is 36.4 Å². The molecule has 0 spiro atoms. The molecule has 0 aromatic heterocycles. The van der Waals surface area contributed by atoms with E-state index in [2.05, 4.69) is 5.32 Å². The van der Waals surface area contributed by atoms with Gasteiger partial charge in [-0.25, -0.2) is 4.79 Å². The highest BCUT2D eigenvalue weighted by molar-refractivity contribution is 7.99. The number of esters is 1. The maximum absolute atomic E-state index is 13.0. The van der Waals surface area contributed by atoms with Gasteiger partial charge in [-0.1, -0.05) is 90.1 Å². The number of hydrogen-bond acceptors (Lipinski definition) is 5. The van der Waals surface area contributed by atoms with Crippen molar-refractivity contribution in [2.45, 2.75) is 16.7 Å². The fraction of sp³-hybridized carbons (Fsp3) is 0.0690. The van der Waals surface area contributed by atoms with Gasteiger partial charge in [-0.05, 0) is 37.3 Å². The molecule has 4 aromatic rings. The Labute approximate surface area is 208 Å². The van der Waals surface area contributed by atoms with E-state index in [4.69, 9.17) is 4.74 Å². The second-order valence-electron chi connectivity index (χ2n) is 7.78. The first-order chi connectivity index (χ1) is 17.0. The quantitative estimate of drug-likeness (QED) is 0.241. The molecular weight excluding hydrogens is 458 g/mol. The normalized spacial score (nSPS) is 10.4. The van der Waals surface area contributed by atoms with Gasteiger partial charge in [-0.15, -0.1) is 0 Å². The Morgan fingerprint density at radius 3 is 2.11 bits per heavy atom. The number of rotatable bonds is 8. The summed E-state index contributed by atoms with van der Waals surface area (Å²) in [6.45, 7) is 1.46. The first-order valence-corrected chi connectivity index (χ1v) is 11.8. The van der Waals surface area contributed by atoms with Crippen LogP contribution < -0.4 is 5.32 Å². The number of nitrogens with one attached hydrogen (secondary N) is 1. The van der Waals surface area contributed by atoms with E-state index in [0.29, 0.717) is 11.3 Å². The Morgan fingerprint density at radius 1 is 0.743 bits per heavy atom. The zero-order chi connectivity index (χ0) is 24.6. The van der Waals surface area contributed by atoms with Crippen LogP contribution in [0, 0.1) is 6.92 Å². The van der Waals surface area contributed by atoms with Crippen molar-refractivity contribution in [2.75, 3.05) is 11.9 Å². The molecule has 0 atom stereocenters. The lowest BCUT2D eigenvalue weighted by Crippen LogP contribution is -2.22. The summed E-state index contributed by atoms with van der Waals surface area (Å²) < 4.78 is 5.26. The summed E-state index contributed by atoms with van der Waals surface area (Å²) in [4.78, 5) is 40.2. The lowest BCUT2D eigenvalue weighted by molar-refractivity contribution is -0.119. The first-order valence-electron chi connectivity index (χ1n) is 11.0. The van der Waals surface area contributed by atoms with Crippen molar-refractivity contribution in [1.29, 1.82) is 0 Å². The second-order valence-corrected chi connectivity index (χ2v) is 8.89. The minimum atomic E-state index is -0.733. The number of hydrogen-bond donors (Lipinski definition) is 1. The van der Waals surface area contributed by atoms with Gasteiger partial charge in [0.15, 0.2) is 12.4 Å². The molecule has 6 heteroatoms. The molecule has 0 aliphatic rings. The SMILES string of the molecule is Cc1ccc(C(=O)c2ccccc2C(=O)OCC(=O)Nc2ccccc2Sc2ccccc2)cc1. The number of benzene rings is 4. The maximum atomic E-state index is 13.0. The fourth-order valence-electron chi connectivity index (χ4n) is 3.39. The van der Waals surface area contributed by atoms with E-state index in [1.807, 2.05) is 67.6 Å². The molecule has 0 unspecified atom stereocenters. The summed E-state index contributed by atoms with van der Waals surface area (Å²) in [6, 6.07) is 30.8. The third-order valence-corrected chi connectivity index (χ3v) is 6.26. The molecule has 0 radical (unpaired) electrons. The van der Waals surface area contributed by atoms with Gasteiger partial charge in [-0.2, -0.15) is 0 Å². The Hall–Kier alpha value is -4.16. The van der Waals surface area contributed by atoms with Crippen molar-refractivity contribution in [3.8, 4) is 0 Å². The zero-order valence-electron chi connectivity index (χ0n) is 19.1. The molecule has 5 nitrogen and oxygen atoms in total. The number of anilines is 1. The highest BCUT2D eigenvalue weighted by Gasteiger charge is 2.20. The number of carbonyl (C=O) groups is 3. The van der Waals surface area contributed by atoms with Crippen molar-refractivity contribution >= 4 is 35.1 Å². The first kappa shape index (κ1) is 24.0. The van der Waals surface area contributed by atoms with Crippen LogP contribution in [0.3, 0.4) is 0 Å². The molecule has 4 aromatic carbocycles. The topological polar surface area (TPSA) is 72.5 Å². The van der Waals surface area contributed by atoms with Crippen LogP contribution in [0.25, 0.3) is 0 Å². The third kappa shape index (κ3) is 6.25. The molecule has 1 amide bonds. The highest BCUT2D eigenvalue weighted by Crippen LogP contribution is 2.33. The standard InChI is InChI=1S/C29H23NO4S/c1-20-15-17-21(18-16-20)28(32)23-11-5-6-12-24(23)29(33)34-19-27(31)30-25-13-7-8-14-26(25)35-22-9-3-2-4-10-22/h2-18H,19H2,1H3,(H,30,31). The van der Waals surface area contributed by atoms with Crippen LogP contribution in [-0.2, 0) is 9.53 Å². The molecule has 0 saturated carbocycles. The van der Waals surface area contributed by atoms with Gasteiger partial charge in [0.05, 0.1) is 11.3 Å². The Bertz CT molecular complexity index is 1350. The van der Waals surface area contributed by atoms with Crippen molar-refractivity contribution in [3.05, 3.63) is 125 Å². The monoisotopic (exact) mass is 481 g/mol. The smallest absolute Gasteiger partial charge is 0.339 e. The third-order valence-electron chi connectivity index (χ3n) is 5.17. The Kier molecular flexibility index (Phi) is 7.75. The van der Waals surface area contributed by atoms with Crippen LogP contribution in [0.2, 0.25) is 0 Å². The van der Waals surface area contributed by atoms with Crippen LogP contribution in [0.15, 0.2) is 113 Å². The molecule has 0 aliphatic heterocycles. The molecule has 0 aliphatic carbocycles. The van der Waals surface area contributed by atoms with Crippen LogP contribution in [0.4, 0.5) is 5.69 Å². The van der Waals surface area contributed by atoms with Gasteiger partial charge in [-0.3, -0.25) is 9.59 Å². The number of carbonyl (C=O) groups excluding carboxylic acids is 3. The van der Waals surface area contributed by atoms with Gasteiger partial charge in [0.1, 0.15) is 0 Å². The summed E-state index contributed by atoms with van der Waals surface area (Å²) in [6.07, 6.45) is 0. The van der Waals surface area contributed by atoms with Gasteiger partial charge >= 0.3 is 5.97 Å². The van der Waals surface area contributed by atoms with Crippen LogP contribution >= 0.6 is 11.8 Å². The Balaban J connectivity index is 1.42. The summed E-state index contributed by atoms with van der Waals surface area (Å²) in [5.41, 5.74) is 2.47. The second kappa shape index (κ2) is 11.3. The summed E-state index contributed by atoms with van der Waals surface area (Å²) in [7, 11) is 0. The average molecular weight is 482 g/mol. The molecule has 0 saturated heterocycles. The predicted octanol–water partition coefficient (Wildman–Crippen LogP) is 6.17. The fourth-order valence-corrected chi connectivity index (χ4v) is 4.31. The molecule has 35 heavy (non-hydrogen) atoms. The van der Waals surface area contributed by atoms with E-state index < -0.39 is 18.5 Å². The van der Waals surface area contributed by atoms with E-state index in [0.717, 1.165) is 15.4 Å². The largest absolute Gasteiger partial charge is 0.452 e. The molecule has 0 fully saturated rings. The van der Waals surface area contributed by atoms with E-state index in [-0.39, 0.29) is 16.9 Å².